The fourth-order valence-electron chi connectivity index (χ4n) is 3.05. The highest BCUT2D eigenvalue weighted by molar-refractivity contribution is 6.30. The molecule has 0 atom stereocenters. The number of carbonyl (C=O) groups is 2. The number of hydrogen-bond donors (Lipinski definition) is 2. The highest BCUT2D eigenvalue weighted by Crippen LogP contribution is 2.25. The Bertz CT molecular complexity index is 1340. The van der Waals surface area contributed by atoms with Crippen LogP contribution < -0.4 is 10.6 Å². The standard InChI is InChI=1S/C22H15ClN6O4/c23-15-6-8-20(25-12-15)27-22(31)16-3-1-2-4-17(16)26-21(30)14-5-7-18(19(11-14)29(32)33)28-10-9-24-13-28/h1-13H,(H,26,30)(H,25,27,31). The number of anilines is 2. The van der Waals surface area contributed by atoms with Crippen molar-refractivity contribution in [3.63, 3.8) is 0 Å². The lowest BCUT2D eigenvalue weighted by atomic mass is 10.1. The van der Waals surface area contributed by atoms with Crippen molar-refractivity contribution in [1.29, 1.82) is 0 Å². The number of nitrogens with one attached hydrogen (secondary N) is 2. The van der Waals surface area contributed by atoms with Crippen molar-refractivity contribution in [1.82, 2.24) is 14.5 Å². The quantitative estimate of drug-likeness (QED) is 0.323. The summed E-state index contributed by atoms with van der Waals surface area (Å²) in [6.07, 6.45) is 5.87. The van der Waals surface area contributed by atoms with Crippen molar-refractivity contribution in [3.8, 4) is 5.69 Å². The van der Waals surface area contributed by atoms with Gasteiger partial charge in [-0.3, -0.25) is 19.7 Å². The van der Waals surface area contributed by atoms with Gasteiger partial charge in [0.2, 0.25) is 0 Å². The van der Waals surface area contributed by atoms with Crippen LogP contribution in [0.5, 0.6) is 0 Å². The van der Waals surface area contributed by atoms with Crippen LogP contribution >= 0.6 is 11.6 Å². The third kappa shape index (κ3) is 4.86. The molecule has 0 saturated carbocycles. The second-order valence-corrected chi connectivity index (χ2v) is 7.18. The maximum Gasteiger partial charge on any atom is 0.294 e. The number of benzene rings is 2. The second-order valence-electron chi connectivity index (χ2n) is 6.75. The number of nitro benzene ring substituents is 1. The summed E-state index contributed by atoms with van der Waals surface area (Å²) < 4.78 is 1.48. The molecule has 0 aliphatic carbocycles. The summed E-state index contributed by atoms with van der Waals surface area (Å²) >= 11 is 5.81. The Balaban J connectivity index is 1.58. The van der Waals surface area contributed by atoms with Gasteiger partial charge in [0, 0.05) is 30.2 Å². The molecule has 0 radical (unpaired) electrons. The number of halogens is 1. The van der Waals surface area contributed by atoms with Gasteiger partial charge in [-0.25, -0.2) is 9.97 Å². The molecular formula is C22H15ClN6O4. The summed E-state index contributed by atoms with van der Waals surface area (Å²) in [5.41, 5.74) is 0.479. The molecule has 0 aliphatic heterocycles. The summed E-state index contributed by atoms with van der Waals surface area (Å²) in [7, 11) is 0. The molecule has 0 saturated heterocycles. The maximum atomic E-state index is 12.8. The summed E-state index contributed by atoms with van der Waals surface area (Å²) in [5.74, 6) is -0.821. The number of rotatable bonds is 6. The van der Waals surface area contributed by atoms with Crippen LogP contribution in [-0.4, -0.2) is 31.3 Å². The molecule has 0 bridgehead atoms. The van der Waals surface area contributed by atoms with Gasteiger partial charge in [-0.15, -0.1) is 0 Å². The van der Waals surface area contributed by atoms with E-state index in [1.54, 1.807) is 36.5 Å². The molecule has 2 heterocycles. The van der Waals surface area contributed by atoms with Gasteiger partial charge < -0.3 is 15.2 Å². The summed E-state index contributed by atoms with van der Waals surface area (Å²) in [6, 6.07) is 13.6. The average Bonchev–Trinajstić information content (AvgIpc) is 3.35. The van der Waals surface area contributed by atoms with Gasteiger partial charge in [-0.05, 0) is 36.4 Å². The number of imidazole rings is 1. The lowest BCUT2D eigenvalue weighted by Crippen LogP contribution is -2.18. The zero-order valence-corrected chi connectivity index (χ0v) is 17.6. The van der Waals surface area contributed by atoms with E-state index in [0.29, 0.717) is 5.02 Å². The van der Waals surface area contributed by atoms with Crippen LogP contribution in [0, 0.1) is 10.1 Å². The predicted octanol–water partition coefficient (Wildman–Crippen LogP) is 4.33. The van der Waals surface area contributed by atoms with E-state index in [4.69, 9.17) is 11.6 Å². The monoisotopic (exact) mass is 462 g/mol. The highest BCUT2D eigenvalue weighted by Gasteiger charge is 2.20. The second kappa shape index (κ2) is 9.28. The summed E-state index contributed by atoms with van der Waals surface area (Å²) in [4.78, 5) is 44.5. The number of hydrogen-bond acceptors (Lipinski definition) is 6. The SMILES string of the molecule is O=C(Nc1ccccc1C(=O)Nc1ccc(Cl)cn1)c1ccc(-n2ccnc2)c([N+](=O)[O-])c1. The predicted molar refractivity (Wildman–Crippen MR) is 122 cm³/mol. The number of para-hydroxylation sites is 1. The number of aromatic nitrogens is 3. The van der Waals surface area contributed by atoms with Crippen LogP contribution in [0.25, 0.3) is 5.69 Å². The molecule has 0 unspecified atom stereocenters. The van der Waals surface area contributed by atoms with Gasteiger partial charge >= 0.3 is 0 Å². The molecule has 164 valence electrons. The number of pyridine rings is 1. The Morgan fingerprint density at radius 1 is 1.03 bits per heavy atom. The minimum absolute atomic E-state index is 0.0557. The first kappa shape index (κ1) is 21.7. The molecule has 10 nitrogen and oxygen atoms in total. The van der Waals surface area contributed by atoms with Crippen LogP contribution in [0.4, 0.5) is 17.2 Å². The fraction of sp³-hybridized carbons (Fsp3) is 0. The molecule has 11 heteroatoms. The first-order chi connectivity index (χ1) is 15.9. The Labute approximate surface area is 192 Å². The fourth-order valence-corrected chi connectivity index (χ4v) is 3.16. The Morgan fingerprint density at radius 3 is 2.55 bits per heavy atom. The van der Waals surface area contributed by atoms with Crippen molar-refractivity contribution in [2.45, 2.75) is 0 Å². The van der Waals surface area contributed by atoms with Gasteiger partial charge in [-0.1, -0.05) is 23.7 Å². The number of amides is 2. The molecule has 4 rings (SSSR count). The molecule has 0 fully saturated rings. The van der Waals surface area contributed by atoms with Gasteiger partial charge in [0.1, 0.15) is 11.5 Å². The largest absolute Gasteiger partial charge is 0.321 e. The molecule has 2 aromatic carbocycles. The average molecular weight is 463 g/mol. The van der Waals surface area contributed by atoms with E-state index < -0.39 is 16.7 Å². The number of nitro groups is 1. The van der Waals surface area contributed by atoms with Crippen molar-refractivity contribution < 1.29 is 14.5 Å². The molecule has 33 heavy (non-hydrogen) atoms. The van der Waals surface area contributed by atoms with E-state index in [0.717, 1.165) is 0 Å². The van der Waals surface area contributed by atoms with Crippen molar-refractivity contribution in [2.24, 2.45) is 0 Å². The third-order valence-corrected chi connectivity index (χ3v) is 4.83. The van der Waals surface area contributed by atoms with Gasteiger partial charge in [0.25, 0.3) is 17.5 Å². The zero-order chi connectivity index (χ0) is 23.4. The molecule has 0 aliphatic rings. The molecule has 2 N–H and O–H groups in total. The molecular weight excluding hydrogens is 448 g/mol. The van der Waals surface area contributed by atoms with Gasteiger partial charge in [-0.2, -0.15) is 0 Å². The minimum Gasteiger partial charge on any atom is -0.321 e. The molecule has 2 aromatic heterocycles. The lowest BCUT2D eigenvalue weighted by molar-refractivity contribution is -0.384. The van der Waals surface area contributed by atoms with Crippen molar-refractivity contribution >= 4 is 40.6 Å². The molecule has 4 aromatic rings. The van der Waals surface area contributed by atoms with E-state index in [2.05, 4.69) is 20.6 Å². The minimum atomic E-state index is -0.611. The molecule has 2 amide bonds. The lowest BCUT2D eigenvalue weighted by Gasteiger charge is -2.12. The van der Waals surface area contributed by atoms with Gasteiger partial charge in [0.15, 0.2) is 0 Å². The smallest absolute Gasteiger partial charge is 0.294 e. The number of carbonyl (C=O) groups excluding carboxylic acids is 2. The third-order valence-electron chi connectivity index (χ3n) is 4.61. The van der Waals surface area contributed by atoms with Crippen LogP contribution in [0.15, 0.2) is 79.5 Å². The van der Waals surface area contributed by atoms with Crippen LogP contribution in [0.2, 0.25) is 5.02 Å². The first-order valence-corrected chi connectivity index (χ1v) is 9.90. The molecule has 0 spiro atoms. The van der Waals surface area contributed by atoms with E-state index in [1.165, 1.54) is 47.6 Å². The zero-order valence-electron chi connectivity index (χ0n) is 16.8. The van der Waals surface area contributed by atoms with E-state index in [1.807, 2.05) is 0 Å². The Kier molecular flexibility index (Phi) is 6.09. The van der Waals surface area contributed by atoms with E-state index in [-0.39, 0.29) is 34.0 Å². The van der Waals surface area contributed by atoms with Crippen molar-refractivity contribution in [2.75, 3.05) is 10.6 Å². The normalized spacial score (nSPS) is 10.5. The topological polar surface area (TPSA) is 132 Å². The van der Waals surface area contributed by atoms with Crippen LogP contribution in [0.3, 0.4) is 0 Å². The van der Waals surface area contributed by atoms with Gasteiger partial charge in [0.05, 0.1) is 27.5 Å². The van der Waals surface area contributed by atoms with Crippen molar-refractivity contribution in [3.05, 3.63) is 106 Å². The van der Waals surface area contributed by atoms with Crippen LogP contribution in [-0.2, 0) is 0 Å². The number of nitrogens with zero attached hydrogens (tertiary/aromatic N) is 4. The summed E-state index contributed by atoms with van der Waals surface area (Å²) in [5, 5.41) is 17.3. The van der Waals surface area contributed by atoms with E-state index in [9.17, 15) is 19.7 Å². The Morgan fingerprint density at radius 2 is 1.85 bits per heavy atom. The van der Waals surface area contributed by atoms with E-state index >= 15 is 0 Å². The first-order valence-electron chi connectivity index (χ1n) is 9.52. The maximum absolute atomic E-state index is 12.8. The highest BCUT2D eigenvalue weighted by atomic mass is 35.5. The van der Waals surface area contributed by atoms with Crippen LogP contribution in [0.1, 0.15) is 20.7 Å². The Hall–Kier alpha value is -4.57. The summed E-state index contributed by atoms with van der Waals surface area (Å²) in [6.45, 7) is 0.